The molecule has 1 heterocycles. The topological polar surface area (TPSA) is 87.6 Å². The van der Waals surface area contributed by atoms with E-state index in [0.29, 0.717) is 28.3 Å². The van der Waals surface area contributed by atoms with E-state index in [1.54, 1.807) is 75.6 Å². The van der Waals surface area contributed by atoms with Crippen LogP contribution in [0.15, 0.2) is 54.6 Å². The van der Waals surface area contributed by atoms with Crippen molar-refractivity contribution in [2.24, 2.45) is 0 Å². The summed E-state index contributed by atoms with van der Waals surface area (Å²) in [5.41, 5.74) is 1.89. The van der Waals surface area contributed by atoms with Crippen molar-refractivity contribution in [1.82, 2.24) is 9.97 Å². The van der Waals surface area contributed by atoms with E-state index < -0.39 is 11.9 Å². The summed E-state index contributed by atoms with van der Waals surface area (Å²) < 4.78 is 15.7. The zero-order valence-corrected chi connectivity index (χ0v) is 16.3. The van der Waals surface area contributed by atoms with Gasteiger partial charge in [0.2, 0.25) is 0 Å². The number of ether oxygens (including phenoxy) is 3. The third-order valence-electron chi connectivity index (χ3n) is 4.11. The van der Waals surface area contributed by atoms with Gasteiger partial charge in [-0.25, -0.2) is 9.59 Å². The standard InChI is InChI=1S/C22H20N2O5/c1-4-28-21(26)18-14(2)23-22(29-20(25)16-8-6-5-7-9-16)24-19(18)15-10-12-17(27-3)13-11-15/h5-13H,4H2,1-3H3. The van der Waals surface area contributed by atoms with E-state index in [2.05, 4.69) is 9.97 Å². The Morgan fingerprint density at radius 3 is 2.24 bits per heavy atom. The summed E-state index contributed by atoms with van der Waals surface area (Å²) in [6, 6.07) is 15.4. The van der Waals surface area contributed by atoms with Crippen LogP contribution in [0, 0.1) is 6.92 Å². The van der Waals surface area contributed by atoms with Gasteiger partial charge in [0.05, 0.1) is 30.7 Å². The van der Waals surface area contributed by atoms with Crippen LogP contribution >= 0.6 is 0 Å². The molecule has 29 heavy (non-hydrogen) atoms. The molecular weight excluding hydrogens is 372 g/mol. The molecule has 0 amide bonds. The molecule has 0 aliphatic carbocycles. The summed E-state index contributed by atoms with van der Waals surface area (Å²) in [7, 11) is 1.56. The molecule has 0 bridgehead atoms. The molecule has 1 aromatic heterocycles. The van der Waals surface area contributed by atoms with Crippen LogP contribution in [0.1, 0.15) is 33.3 Å². The van der Waals surface area contributed by atoms with Crippen molar-refractivity contribution in [3.8, 4) is 23.0 Å². The smallest absolute Gasteiger partial charge is 0.345 e. The Kier molecular flexibility index (Phi) is 6.19. The molecule has 0 atom stereocenters. The average Bonchev–Trinajstić information content (AvgIpc) is 2.74. The Balaban J connectivity index is 2.04. The Morgan fingerprint density at radius 2 is 1.62 bits per heavy atom. The van der Waals surface area contributed by atoms with E-state index in [-0.39, 0.29) is 18.2 Å². The molecule has 7 heteroatoms. The molecule has 3 rings (SSSR count). The van der Waals surface area contributed by atoms with Crippen LogP contribution in [-0.4, -0.2) is 35.6 Å². The first kappa shape index (κ1) is 20.0. The minimum atomic E-state index is -0.588. The van der Waals surface area contributed by atoms with E-state index in [0.717, 1.165) is 0 Å². The van der Waals surface area contributed by atoms with Crippen LogP contribution in [0.25, 0.3) is 11.3 Å². The van der Waals surface area contributed by atoms with Crippen molar-refractivity contribution in [3.63, 3.8) is 0 Å². The number of hydrogen-bond acceptors (Lipinski definition) is 7. The van der Waals surface area contributed by atoms with Crippen LogP contribution in [0.2, 0.25) is 0 Å². The molecule has 3 aromatic rings. The number of benzene rings is 2. The highest BCUT2D eigenvalue weighted by Gasteiger charge is 2.23. The second-order valence-electron chi connectivity index (χ2n) is 6.02. The van der Waals surface area contributed by atoms with Gasteiger partial charge in [-0.3, -0.25) is 0 Å². The molecule has 0 aliphatic heterocycles. The molecule has 2 aromatic carbocycles. The molecule has 148 valence electrons. The van der Waals surface area contributed by atoms with Gasteiger partial charge in [-0.1, -0.05) is 18.2 Å². The Morgan fingerprint density at radius 1 is 0.931 bits per heavy atom. The van der Waals surface area contributed by atoms with Gasteiger partial charge in [0.15, 0.2) is 0 Å². The maximum absolute atomic E-state index is 12.5. The number of rotatable bonds is 6. The van der Waals surface area contributed by atoms with Gasteiger partial charge in [-0.15, -0.1) is 0 Å². The van der Waals surface area contributed by atoms with Crippen LogP contribution in [-0.2, 0) is 4.74 Å². The van der Waals surface area contributed by atoms with Crippen molar-refractivity contribution in [1.29, 1.82) is 0 Å². The molecule has 0 radical (unpaired) electrons. The first-order valence-electron chi connectivity index (χ1n) is 9.01. The lowest BCUT2D eigenvalue weighted by molar-refractivity contribution is 0.0525. The predicted octanol–water partition coefficient (Wildman–Crippen LogP) is 3.86. The summed E-state index contributed by atoms with van der Waals surface area (Å²) >= 11 is 0. The summed E-state index contributed by atoms with van der Waals surface area (Å²) in [5.74, 6) is -0.473. The van der Waals surface area contributed by atoms with Gasteiger partial charge in [0.1, 0.15) is 11.3 Å². The van der Waals surface area contributed by atoms with Crippen molar-refractivity contribution in [2.45, 2.75) is 13.8 Å². The molecule has 0 N–H and O–H groups in total. The maximum atomic E-state index is 12.5. The quantitative estimate of drug-likeness (QED) is 0.589. The lowest BCUT2D eigenvalue weighted by Crippen LogP contribution is -2.15. The molecule has 0 saturated heterocycles. The van der Waals surface area contributed by atoms with E-state index in [4.69, 9.17) is 14.2 Å². The fourth-order valence-corrected chi connectivity index (χ4v) is 2.71. The van der Waals surface area contributed by atoms with Gasteiger partial charge >= 0.3 is 17.9 Å². The third kappa shape index (κ3) is 4.57. The largest absolute Gasteiger partial charge is 0.497 e. The van der Waals surface area contributed by atoms with E-state index in [1.165, 1.54) is 0 Å². The van der Waals surface area contributed by atoms with Crippen molar-refractivity contribution < 1.29 is 23.8 Å². The zero-order chi connectivity index (χ0) is 20.8. The highest BCUT2D eigenvalue weighted by molar-refractivity contribution is 5.97. The summed E-state index contributed by atoms with van der Waals surface area (Å²) in [6.45, 7) is 3.57. The van der Waals surface area contributed by atoms with Crippen molar-refractivity contribution in [3.05, 3.63) is 71.4 Å². The number of aromatic nitrogens is 2. The summed E-state index contributed by atoms with van der Waals surface area (Å²) in [5, 5.41) is 0. The summed E-state index contributed by atoms with van der Waals surface area (Å²) in [4.78, 5) is 33.4. The Labute approximate surface area is 168 Å². The van der Waals surface area contributed by atoms with Crippen LogP contribution in [0.4, 0.5) is 0 Å². The Bertz CT molecular complexity index is 1020. The maximum Gasteiger partial charge on any atom is 0.345 e. The van der Waals surface area contributed by atoms with Gasteiger partial charge in [-0.05, 0) is 50.2 Å². The number of carbonyl (C=O) groups is 2. The highest BCUT2D eigenvalue weighted by Crippen LogP contribution is 2.28. The second kappa shape index (κ2) is 8.97. The van der Waals surface area contributed by atoms with Crippen molar-refractivity contribution >= 4 is 11.9 Å². The van der Waals surface area contributed by atoms with Crippen LogP contribution in [0.3, 0.4) is 0 Å². The first-order chi connectivity index (χ1) is 14.0. The fraction of sp³-hybridized carbons (Fsp3) is 0.182. The Hall–Kier alpha value is -3.74. The lowest BCUT2D eigenvalue weighted by Gasteiger charge is -2.13. The molecular formula is C22H20N2O5. The average molecular weight is 392 g/mol. The molecule has 0 unspecified atom stereocenters. The fourth-order valence-electron chi connectivity index (χ4n) is 2.71. The number of hydrogen-bond donors (Lipinski definition) is 0. The minimum Gasteiger partial charge on any atom is -0.497 e. The molecule has 0 spiro atoms. The first-order valence-corrected chi connectivity index (χ1v) is 9.01. The number of carbonyl (C=O) groups excluding carboxylic acids is 2. The number of aryl methyl sites for hydroxylation is 1. The number of methoxy groups -OCH3 is 1. The number of nitrogens with zero attached hydrogens (tertiary/aromatic N) is 2. The van der Waals surface area contributed by atoms with E-state index in [9.17, 15) is 9.59 Å². The van der Waals surface area contributed by atoms with Gasteiger partial charge in [0, 0.05) is 5.56 Å². The van der Waals surface area contributed by atoms with E-state index >= 15 is 0 Å². The summed E-state index contributed by atoms with van der Waals surface area (Å²) in [6.07, 6.45) is 0. The van der Waals surface area contributed by atoms with E-state index in [1.807, 2.05) is 0 Å². The van der Waals surface area contributed by atoms with Crippen LogP contribution < -0.4 is 9.47 Å². The molecule has 0 fully saturated rings. The van der Waals surface area contributed by atoms with Gasteiger partial charge in [0.25, 0.3) is 0 Å². The predicted molar refractivity (Wildman–Crippen MR) is 106 cm³/mol. The molecule has 7 nitrogen and oxygen atoms in total. The third-order valence-corrected chi connectivity index (χ3v) is 4.11. The minimum absolute atomic E-state index is 0.143. The number of esters is 2. The molecule has 0 saturated carbocycles. The van der Waals surface area contributed by atoms with Gasteiger partial charge in [-0.2, -0.15) is 9.97 Å². The highest BCUT2D eigenvalue weighted by atomic mass is 16.5. The van der Waals surface area contributed by atoms with Crippen LogP contribution in [0.5, 0.6) is 11.8 Å². The monoisotopic (exact) mass is 392 g/mol. The SMILES string of the molecule is CCOC(=O)c1c(C)nc(OC(=O)c2ccccc2)nc1-c1ccc(OC)cc1. The normalized spacial score (nSPS) is 10.3. The zero-order valence-electron chi connectivity index (χ0n) is 16.3. The lowest BCUT2D eigenvalue weighted by atomic mass is 10.0. The van der Waals surface area contributed by atoms with Crippen molar-refractivity contribution in [2.75, 3.05) is 13.7 Å². The van der Waals surface area contributed by atoms with Gasteiger partial charge < -0.3 is 14.2 Å². The second-order valence-corrected chi connectivity index (χ2v) is 6.02. The molecule has 0 aliphatic rings.